The molecule has 2 heterocycles. The molecule has 2 aliphatic rings. The molecule has 2 aliphatic heterocycles. The molecule has 2 rings (SSSR count). The molecule has 0 aromatic carbocycles. The number of nitrogens with one attached hydrogen (secondary N) is 1. The molecular formula is C11H19N3O3S. The fourth-order valence-corrected chi connectivity index (χ4v) is 3.19. The molecule has 0 aromatic rings. The maximum absolute atomic E-state index is 12.1. The first-order valence-corrected chi connectivity index (χ1v) is 7.32. The van der Waals surface area contributed by atoms with Gasteiger partial charge in [-0.25, -0.2) is 0 Å². The summed E-state index contributed by atoms with van der Waals surface area (Å²) in [5.41, 5.74) is 0. The lowest BCUT2D eigenvalue weighted by Crippen LogP contribution is -2.56. The molecule has 7 heteroatoms. The first-order valence-electron chi connectivity index (χ1n) is 6.16. The maximum Gasteiger partial charge on any atom is 0.320 e. The number of carbonyl (C=O) groups excluding carboxylic acids is 1. The summed E-state index contributed by atoms with van der Waals surface area (Å²) in [6.07, 6.45) is 0. The van der Waals surface area contributed by atoms with Gasteiger partial charge in [-0.3, -0.25) is 19.8 Å². The van der Waals surface area contributed by atoms with Gasteiger partial charge in [0.2, 0.25) is 5.91 Å². The lowest BCUT2D eigenvalue weighted by atomic mass is 10.2. The van der Waals surface area contributed by atoms with E-state index in [9.17, 15) is 9.59 Å². The predicted octanol–water partition coefficient (Wildman–Crippen LogP) is -0.734. The molecule has 1 amide bonds. The van der Waals surface area contributed by atoms with Crippen LogP contribution in [0.5, 0.6) is 0 Å². The van der Waals surface area contributed by atoms with E-state index in [0.29, 0.717) is 26.2 Å². The first-order chi connectivity index (χ1) is 8.59. The number of carbonyl (C=O) groups is 2. The molecule has 0 aliphatic carbocycles. The second-order valence-electron chi connectivity index (χ2n) is 4.65. The summed E-state index contributed by atoms with van der Waals surface area (Å²) in [5.74, 6) is 1.03. The van der Waals surface area contributed by atoms with Gasteiger partial charge in [-0.15, -0.1) is 11.8 Å². The van der Waals surface area contributed by atoms with E-state index < -0.39 is 12.0 Å². The average Bonchev–Trinajstić information content (AvgIpc) is 2.91. The number of hydrogen-bond acceptors (Lipinski definition) is 5. The van der Waals surface area contributed by atoms with Gasteiger partial charge in [0.05, 0.1) is 6.04 Å². The van der Waals surface area contributed by atoms with Crippen LogP contribution >= 0.6 is 11.8 Å². The third-order valence-electron chi connectivity index (χ3n) is 3.55. The summed E-state index contributed by atoms with van der Waals surface area (Å²) in [6, 6.07) is -0.527. The normalized spacial score (nSPS) is 27.2. The zero-order chi connectivity index (χ0) is 13.1. The van der Waals surface area contributed by atoms with E-state index in [-0.39, 0.29) is 11.9 Å². The zero-order valence-electron chi connectivity index (χ0n) is 10.5. The highest BCUT2D eigenvalue weighted by Crippen LogP contribution is 2.14. The molecule has 18 heavy (non-hydrogen) atoms. The van der Waals surface area contributed by atoms with Gasteiger partial charge < -0.3 is 10.0 Å². The maximum atomic E-state index is 12.1. The van der Waals surface area contributed by atoms with E-state index in [1.165, 1.54) is 0 Å². The minimum atomic E-state index is -0.802. The van der Waals surface area contributed by atoms with Gasteiger partial charge in [-0.05, 0) is 6.92 Å². The van der Waals surface area contributed by atoms with Crippen molar-refractivity contribution in [1.29, 1.82) is 0 Å². The predicted molar refractivity (Wildman–Crippen MR) is 69.5 cm³/mol. The van der Waals surface area contributed by atoms with Crippen molar-refractivity contribution < 1.29 is 14.7 Å². The van der Waals surface area contributed by atoms with Gasteiger partial charge in [0.15, 0.2) is 0 Å². The Labute approximate surface area is 111 Å². The summed E-state index contributed by atoms with van der Waals surface area (Å²) in [7, 11) is 0. The van der Waals surface area contributed by atoms with Crippen LogP contribution in [-0.4, -0.2) is 76.7 Å². The number of nitrogens with zero attached hydrogens (tertiary/aromatic N) is 2. The molecule has 2 fully saturated rings. The molecule has 102 valence electrons. The molecule has 0 spiro atoms. The third-order valence-corrected chi connectivity index (χ3v) is 4.49. The Bertz CT molecular complexity index is 325. The van der Waals surface area contributed by atoms with Crippen LogP contribution in [0.25, 0.3) is 0 Å². The van der Waals surface area contributed by atoms with Crippen molar-refractivity contribution in [3.8, 4) is 0 Å². The van der Waals surface area contributed by atoms with Crippen molar-refractivity contribution in [2.24, 2.45) is 0 Å². The number of rotatable bonds is 3. The van der Waals surface area contributed by atoms with Crippen LogP contribution in [0, 0.1) is 0 Å². The number of aliphatic carboxylic acids is 1. The van der Waals surface area contributed by atoms with E-state index in [0.717, 1.165) is 11.6 Å². The van der Waals surface area contributed by atoms with Gasteiger partial charge in [0.1, 0.15) is 6.04 Å². The van der Waals surface area contributed by atoms with Crippen LogP contribution in [0.3, 0.4) is 0 Å². The monoisotopic (exact) mass is 273 g/mol. The Morgan fingerprint density at radius 3 is 2.50 bits per heavy atom. The van der Waals surface area contributed by atoms with E-state index in [1.807, 2.05) is 9.80 Å². The summed E-state index contributed by atoms with van der Waals surface area (Å²) in [6.45, 7) is 4.21. The van der Waals surface area contributed by atoms with Gasteiger partial charge in [0.25, 0.3) is 0 Å². The minimum Gasteiger partial charge on any atom is -0.480 e. The van der Waals surface area contributed by atoms with E-state index in [1.54, 1.807) is 18.7 Å². The van der Waals surface area contributed by atoms with Crippen molar-refractivity contribution in [2.45, 2.75) is 19.0 Å². The standard InChI is InChI=1S/C11H19N3O3S/c1-8(11(16)17)13-2-4-14(5-3-13)10(15)9-6-18-7-12-9/h8-9,12H,2-7H2,1H3,(H,16,17). The van der Waals surface area contributed by atoms with Crippen molar-refractivity contribution in [3.05, 3.63) is 0 Å². The largest absolute Gasteiger partial charge is 0.480 e. The van der Waals surface area contributed by atoms with Gasteiger partial charge in [-0.2, -0.15) is 0 Å². The number of piperazine rings is 1. The molecule has 2 atom stereocenters. The van der Waals surface area contributed by atoms with Gasteiger partial charge in [0, 0.05) is 37.8 Å². The van der Waals surface area contributed by atoms with Gasteiger partial charge >= 0.3 is 5.97 Å². The lowest BCUT2D eigenvalue weighted by molar-refractivity contribution is -0.144. The number of carboxylic acids is 1. The van der Waals surface area contributed by atoms with Crippen molar-refractivity contribution in [3.63, 3.8) is 0 Å². The third kappa shape index (κ3) is 2.96. The SMILES string of the molecule is CC(C(=O)O)N1CCN(C(=O)C2CSCN2)CC1. The fourth-order valence-electron chi connectivity index (χ4n) is 2.26. The summed E-state index contributed by atoms with van der Waals surface area (Å²) >= 11 is 1.74. The highest BCUT2D eigenvalue weighted by molar-refractivity contribution is 7.99. The number of carboxylic acid groups (broad SMARTS) is 1. The van der Waals surface area contributed by atoms with Crippen LogP contribution in [-0.2, 0) is 9.59 Å². The molecule has 2 N–H and O–H groups in total. The van der Waals surface area contributed by atoms with E-state index >= 15 is 0 Å². The quantitative estimate of drug-likeness (QED) is 0.706. The number of thioether (sulfide) groups is 1. The van der Waals surface area contributed by atoms with Crippen LogP contribution in [0.15, 0.2) is 0 Å². The average molecular weight is 273 g/mol. The van der Waals surface area contributed by atoms with Crippen molar-refractivity contribution >= 4 is 23.6 Å². The molecule has 0 radical (unpaired) electrons. The molecule has 0 aromatic heterocycles. The highest BCUT2D eigenvalue weighted by atomic mass is 32.2. The Balaban J connectivity index is 1.82. The molecule has 0 saturated carbocycles. The smallest absolute Gasteiger partial charge is 0.320 e. The van der Waals surface area contributed by atoms with Crippen molar-refractivity contribution in [2.75, 3.05) is 37.8 Å². The number of amides is 1. The molecular weight excluding hydrogens is 254 g/mol. The van der Waals surface area contributed by atoms with Crippen LogP contribution in [0.1, 0.15) is 6.92 Å². The summed E-state index contributed by atoms with van der Waals surface area (Å²) < 4.78 is 0. The van der Waals surface area contributed by atoms with Crippen molar-refractivity contribution in [1.82, 2.24) is 15.1 Å². The molecule has 2 unspecified atom stereocenters. The second kappa shape index (κ2) is 5.90. The van der Waals surface area contributed by atoms with E-state index in [4.69, 9.17) is 5.11 Å². The number of hydrogen-bond donors (Lipinski definition) is 2. The molecule has 2 saturated heterocycles. The van der Waals surface area contributed by atoms with Crippen LogP contribution < -0.4 is 5.32 Å². The Morgan fingerprint density at radius 2 is 2.00 bits per heavy atom. The Morgan fingerprint density at radius 1 is 1.33 bits per heavy atom. The highest BCUT2D eigenvalue weighted by Gasteiger charge is 2.31. The van der Waals surface area contributed by atoms with Gasteiger partial charge in [-0.1, -0.05) is 0 Å². The molecule has 6 nitrogen and oxygen atoms in total. The second-order valence-corrected chi connectivity index (χ2v) is 5.68. The Hall–Kier alpha value is -0.790. The molecule has 0 bridgehead atoms. The Kier molecular flexibility index (Phi) is 4.47. The summed E-state index contributed by atoms with van der Waals surface area (Å²) in [5, 5.41) is 12.1. The lowest BCUT2D eigenvalue weighted by Gasteiger charge is -2.37. The topological polar surface area (TPSA) is 72.9 Å². The van der Waals surface area contributed by atoms with Crippen LogP contribution in [0.4, 0.5) is 0 Å². The zero-order valence-corrected chi connectivity index (χ0v) is 11.3. The van der Waals surface area contributed by atoms with Crippen LogP contribution in [0.2, 0.25) is 0 Å². The minimum absolute atomic E-state index is 0.0570. The fraction of sp³-hybridized carbons (Fsp3) is 0.818. The van der Waals surface area contributed by atoms with E-state index in [2.05, 4.69) is 5.32 Å². The first kappa shape index (κ1) is 13.6. The summed E-state index contributed by atoms with van der Waals surface area (Å²) in [4.78, 5) is 26.8.